The molecule has 16 nitrogen and oxygen atoms in total. The molecular formula is C27H30O16. The molecule has 0 spiro atoms. The van der Waals surface area contributed by atoms with Gasteiger partial charge in [0.05, 0.1) is 29.9 Å². The van der Waals surface area contributed by atoms with Crippen LogP contribution in [0.25, 0.3) is 0 Å². The number of aliphatic hydroxyl groups excluding tert-OH is 8. The van der Waals surface area contributed by atoms with Gasteiger partial charge >= 0.3 is 5.97 Å². The highest BCUT2D eigenvalue weighted by atomic mass is 16.7. The second kappa shape index (κ2) is 11.3. The van der Waals surface area contributed by atoms with E-state index in [9.17, 15) is 65.8 Å². The van der Waals surface area contributed by atoms with Crippen molar-refractivity contribution in [3.8, 4) is 11.5 Å². The molecule has 2 heterocycles. The molecule has 1 unspecified atom stereocenters. The number of carboxylic acids is 1. The zero-order chi connectivity index (χ0) is 31.5. The summed E-state index contributed by atoms with van der Waals surface area (Å²) in [6.07, 6.45) is -18.2. The van der Waals surface area contributed by atoms with Gasteiger partial charge in [-0.05, 0) is 18.2 Å². The van der Waals surface area contributed by atoms with Gasteiger partial charge in [-0.15, -0.1) is 0 Å². The number of ketones is 1. The van der Waals surface area contributed by atoms with Gasteiger partial charge in [0.2, 0.25) is 12.1 Å². The van der Waals surface area contributed by atoms with Crippen molar-refractivity contribution in [3.63, 3.8) is 0 Å². The first kappa shape index (κ1) is 31.2. The average molecular weight is 611 g/mol. The predicted molar refractivity (Wildman–Crippen MR) is 136 cm³/mol. The van der Waals surface area contributed by atoms with Crippen molar-refractivity contribution in [2.75, 3.05) is 13.2 Å². The van der Waals surface area contributed by atoms with Crippen LogP contribution in [0.1, 0.15) is 37.4 Å². The standard InChI is InChI=1S/C27H30O16/c28-6-13-17(31)20(34)22(36)24(41-13)27(40)9-2-1-3-12(42-26-23(37)21(35)18(32)14(7-29)43-26)16(9)19(33)15-10(27)4-8(25(38)39)5-11(15)30/h1-5,13-14,17-18,20-24,26,28-32,34-37,40H,6-7H2,(H,38,39)/t13-,14-,17-,18-,20-,21-,22-,23-,24?,26-,27+/m1/s1. The Hall–Kier alpha value is -3.26. The molecule has 3 aliphatic rings. The molecule has 0 saturated carbocycles. The molecule has 0 bridgehead atoms. The first-order valence-electron chi connectivity index (χ1n) is 13.1. The highest BCUT2D eigenvalue weighted by Gasteiger charge is 2.58. The van der Waals surface area contributed by atoms with Crippen LogP contribution in [0.3, 0.4) is 0 Å². The Bertz CT molecular complexity index is 1410. The van der Waals surface area contributed by atoms with Gasteiger partial charge in [0.25, 0.3) is 0 Å². The van der Waals surface area contributed by atoms with E-state index in [2.05, 4.69) is 0 Å². The van der Waals surface area contributed by atoms with E-state index in [4.69, 9.17) is 14.2 Å². The lowest BCUT2D eigenvalue weighted by molar-refractivity contribution is -0.277. The highest BCUT2D eigenvalue weighted by Crippen LogP contribution is 2.50. The Morgan fingerprint density at radius 3 is 2.02 bits per heavy atom. The summed E-state index contributed by atoms with van der Waals surface area (Å²) in [5.41, 5.74) is -5.48. The number of carboxylic acid groups (broad SMARTS) is 1. The summed E-state index contributed by atoms with van der Waals surface area (Å²) in [5, 5.41) is 115. The number of aromatic carboxylic acids is 1. The number of carbonyl (C=O) groups is 2. The molecular weight excluding hydrogens is 580 g/mol. The van der Waals surface area contributed by atoms with E-state index in [1.54, 1.807) is 0 Å². The van der Waals surface area contributed by atoms with Gasteiger partial charge in [0.1, 0.15) is 72.0 Å². The molecule has 5 rings (SSSR count). The van der Waals surface area contributed by atoms with Crippen molar-refractivity contribution < 1.29 is 80.0 Å². The number of hydrogen-bond acceptors (Lipinski definition) is 15. The third kappa shape index (κ3) is 4.77. The number of aliphatic hydroxyl groups is 9. The number of rotatable bonds is 6. The molecule has 2 aromatic rings. The van der Waals surface area contributed by atoms with E-state index >= 15 is 0 Å². The molecule has 11 N–H and O–H groups in total. The number of phenolic OH excluding ortho intramolecular Hbond substituents is 1. The van der Waals surface area contributed by atoms with Crippen LogP contribution >= 0.6 is 0 Å². The van der Waals surface area contributed by atoms with E-state index < -0.39 is 131 Å². The van der Waals surface area contributed by atoms with E-state index in [-0.39, 0.29) is 0 Å². The van der Waals surface area contributed by atoms with Crippen LogP contribution in [0.5, 0.6) is 11.5 Å². The van der Waals surface area contributed by atoms with Crippen LogP contribution in [0.2, 0.25) is 0 Å². The molecule has 11 atom stereocenters. The van der Waals surface area contributed by atoms with Crippen molar-refractivity contribution >= 4 is 11.8 Å². The van der Waals surface area contributed by atoms with Gasteiger partial charge in [-0.25, -0.2) is 4.79 Å². The number of phenols is 1. The largest absolute Gasteiger partial charge is 0.507 e. The van der Waals surface area contributed by atoms with Gasteiger partial charge in [-0.2, -0.15) is 0 Å². The van der Waals surface area contributed by atoms with Crippen LogP contribution in [0, 0.1) is 0 Å². The SMILES string of the molecule is O=C(O)c1cc(O)c2c(c1)[C@](O)(C1O[C@H](CO)[C@@H](O)[C@@H](O)[C@H]1O)c1cccc(O[C@@H]3O[C@H](CO)[C@@H](O)[C@@H](O)[C@H]3O)c1C2=O. The lowest BCUT2D eigenvalue weighted by atomic mass is 9.68. The maximum atomic E-state index is 13.9. The van der Waals surface area contributed by atoms with Crippen molar-refractivity contribution in [2.24, 2.45) is 0 Å². The van der Waals surface area contributed by atoms with Gasteiger partial charge in [0.15, 0.2) is 0 Å². The minimum atomic E-state index is -2.77. The molecule has 16 heteroatoms. The lowest BCUT2D eigenvalue weighted by Gasteiger charge is -2.49. The van der Waals surface area contributed by atoms with Crippen LogP contribution in [0.15, 0.2) is 30.3 Å². The Labute approximate surface area is 241 Å². The summed E-state index contributed by atoms with van der Waals surface area (Å²) in [4.78, 5) is 25.8. The topological polar surface area (TPSA) is 284 Å². The van der Waals surface area contributed by atoms with Crippen molar-refractivity contribution in [1.29, 1.82) is 0 Å². The fourth-order valence-corrected chi connectivity index (χ4v) is 5.78. The van der Waals surface area contributed by atoms with Gasteiger partial charge in [0, 0.05) is 11.1 Å². The Kier molecular flexibility index (Phi) is 8.22. The molecule has 1 aliphatic carbocycles. The summed E-state index contributed by atoms with van der Waals surface area (Å²) in [6.45, 7) is -1.68. The zero-order valence-corrected chi connectivity index (χ0v) is 22.0. The van der Waals surface area contributed by atoms with Crippen LogP contribution in [-0.4, -0.2) is 142 Å². The lowest BCUT2D eigenvalue weighted by Crippen LogP contribution is -2.65. The number of hydrogen-bond donors (Lipinski definition) is 11. The normalized spacial score (nSPS) is 37.4. The number of aromatic hydroxyl groups is 1. The van der Waals surface area contributed by atoms with E-state index in [1.165, 1.54) is 18.2 Å². The second-order valence-electron chi connectivity index (χ2n) is 10.6. The van der Waals surface area contributed by atoms with Gasteiger partial charge < -0.3 is 70.4 Å². The van der Waals surface area contributed by atoms with Crippen molar-refractivity contribution in [1.82, 2.24) is 0 Å². The minimum absolute atomic E-state index is 0.404. The third-order valence-corrected chi connectivity index (χ3v) is 8.06. The first-order valence-corrected chi connectivity index (χ1v) is 13.1. The molecule has 2 fully saturated rings. The van der Waals surface area contributed by atoms with Gasteiger partial charge in [-0.3, -0.25) is 4.79 Å². The molecule has 0 radical (unpaired) electrons. The Morgan fingerprint density at radius 1 is 0.814 bits per heavy atom. The number of benzene rings is 2. The van der Waals surface area contributed by atoms with E-state index in [0.717, 1.165) is 12.1 Å². The molecule has 0 amide bonds. The molecule has 2 aromatic carbocycles. The zero-order valence-electron chi connectivity index (χ0n) is 22.0. The summed E-state index contributed by atoms with van der Waals surface area (Å²) in [6, 6.07) is 5.18. The maximum absolute atomic E-state index is 13.9. The summed E-state index contributed by atoms with van der Waals surface area (Å²) in [5.74, 6) is -3.93. The summed E-state index contributed by atoms with van der Waals surface area (Å²) < 4.78 is 16.7. The fraction of sp³-hybridized carbons (Fsp3) is 0.481. The summed E-state index contributed by atoms with van der Waals surface area (Å²) >= 11 is 0. The number of carbonyl (C=O) groups excluding carboxylic acids is 1. The summed E-state index contributed by atoms with van der Waals surface area (Å²) in [7, 11) is 0. The second-order valence-corrected chi connectivity index (χ2v) is 10.6. The number of fused-ring (bicyclic) bond motifs is 2. The van der Waals surface area contributed by atoms with E-state index in [0.29, 0.717) is 0 Å². The Morgan fingerprint density at radius 2 is 1.42 bits per heavy atom. The molecule has 2 saturated heterocycles. The van der Waals surface area contributed by atoms with Crippen LogP contribution < -0.4 is 4.74 Å². The highest BCUT2D eigenvalue weighted by molar-refractivity contribution is 6.16. The first-order chi connectivity index (χ1) is 20.3. The minimum Gasteiger partial charge on any atom is -0.507 e. The molecule has 2 aliphatic heterocycles. The molecule has 0 aromatic heterocycles. The van der Waals surface area contributed by atoms with Gasteiger partial charge in [-0.1, -0.05) is 12.1 Å². The average Bonchev–Trinajstić information content (AvgIpc) is 2.98. The predicted octanol–water partition coefficient (Wildman–Crippen LogP) is -4.11. The molecule has 234 valence electrons. The monoisotopic (exact) mass is 610 g/mol. The quantitative estimate of drug-likeness (QED) is 0.148. The smallest absolute Gasteiger partial charge is 0.335 e. The molecule has 43 heavy (non-hydrogen) atoms. The maximum Gasteiger partial charge on any atom is 0.335 e. The third-order valence-electron chi connectivity index (χ3n) is 8.06. The van der Waals surface area contributed by atoms with Crippen LogP contribution in [0.4, 0.5) is 0 Å². The van der Waals surface area contributed by atoms with Crippen molar-refractivity contribution in [2.45, 2.75) is 66.8 Å². The van der Waals surface area contributed by atoms with E-state index in [1.807, 2.05) is 0 Å². The fourth-order valence-electron chi connectivity index (χ4n) is 5.78. The number of ether oxygens (including phenoxy) is 3. The Balaban J connectivity index is 1.71. The van der Waals surface area contributed by atoms with Crippen molar-refractivity contribution in [3.05, 3.63) is 58.1 Å². The van der Waals surface area contributed by atoms with Crippen LogP contribution in [-0.2, 0) is 15.1 Å².